The molecule has 102 valence electrons. The van der Waals surface area contributed by atoms with Crippen molar-refractivity contribution >= 4 is 0 Å². The van der Waals surface area contributed by atoms with E-state index in [-0.39, 0.29) is 0 Å². The van der Waals surface area contributed by atoms with E-state index in [9.17, 15) is 0 Å². The standard InChI is InChI=1S/C15H32N2/c1-5-7-8-14(6-2)12-17-10-9-16-11-15(17)13(3)4/h13-16H,5-12H2,1-4H3. The van der Waals surface area contributed by atoms with Crippen LogP contribution >= 0.6 is 0 Å². The average molecular weight is 240 g/mol. The maximum absolute atomic E-state index is 3.54. The summed E-state index contributed by atoms with van der Waals surface area (Å²) in [5.41, 5.74) is 0. The summed E-state index contributed by atoms with van der Waals surface area (Å²) in [7, 11) is 0. The Hall–Kier alpha value is -0.0800. The Kier molecular flexibility index (Phi) is 7.14. The molecule has 1 rings (SSSR count). The van der Waals surface area contributed by atoms with Gasteiger partial charge in [0, 0.05) is 32.2 Å². The number of nitrogens with zero attached hydrogens (tertiary/aromatic N) is 1. The van der Waals surface area contributed by atoms with Gasteiger partial charge in [0.15, 0.2) is 0 Å². The number of hydrogen-bond acceptors (Lipinski definition) is 2. The lowest BCUT2D eigenvalue weighted by atomic mass is 9.95. The van der Waals surface area contributed by atoms with E-state index in [0.29, 0.717) is 0 Å². The first-order valence-electron chi connectivity index (χ1n) is 7.63. The molecule has 0 spiro atoms. The summed E-state index contributed by atoms with van der Waals surface area (Å²) < 4.78 is 0. The van der Waals surface area contributed by atoms with Crippen molar-refractivity contribution in [2.45, 2.75) is 59.4 Å². The SMILES string of the molecule is CCCCC(CC)CN1CCNCC1C(C)C. The molecule has 1 N–H and O–H groups in total. The van der Waals surface area contributed by atoms with Gasteiger partial charge in [0.25, 0.3) is 0 Å². The second kappa shape index (κ2) is 8.10. The number of rotatable bonds is 7. The maximum atomic E-state index is 3.54. The second-order valence-corrected chi connectivity index (χ2v) is 5.93. The van der Waals surface area contributed by atoms with E-state index in [0.717, 1.165) is 17.9 Å². The summed E-state index contributed by atoms with van der Waals surface area (Å²) in [5.74, 6) is 1.68. The number of hydrogen-bond donors (Lipinski definition) is 1. The van der Waals surface area contributed by atoms with Crippen molar-refractivity contribution < 1.29 is 0 Å². The van der Waals surface area contributed by atoms with Crippen LogP contribution in [0.15, 0.2) is 0 Å². The largest absolute Gasteiger partial charge is 0.314 e. The van der Waals surface area contributed by atoms with Gasteiger partial charge in [-0.2, -0.15) is 0 Å². The zero-order valence-corrected chi connectivity index (χ0v) is 12.3. The third kappa shape index (κ3) is 4.97. The number of unbranched alkanes of at least 4 members (excludes halogenated alkanes) is 1. The fourth-order valence-electron chi connectivity index (χ4n) is 2.90. The molecule has 0 aromatic carbocycles. The highest BCUT2D eigenvalue weighted by Crippen LogP contribution is 2.19. The average Bonchev–Trinajstić information content (AvgIpc) is 2.34. The Morgan fingerprint density at radius 1 is 1.29 bits per heavy atom. The number of nitrogens with one attached hydrogen (secondary N) is 1. The van der Waals surface area contributed by atoms with Gasteiger partial charge in [-0.25, -0.2) is 0 Å². The van der Waals surface area contributed by atoms with Crippen LogP contribution in [0.1, 0.15) is 53.4 Å². The van der Waals surface area contributed by atoms with Gasteiger partial charge in [-0.1, -0.05) is 47.0 Å². The molecule has 1 aliphatic heterocycles. The van der Waals surface area contributed by atoms with E-state index in [2.05, 4.69) is 37.9 Å². The van der Waals surface area contributed by atoms with Crippen molar-refractivity contribution in [1.82, 2.24) is 10.2 Å². The second-order valence-electron chi connectivity index (χ2n) is 5.93. The quantitative estimate of drug-likeness (QED) is 0.735. The first-order valence-corrected chi connectivity index (χ1v) is 7.63. The van der Waals surface area contributed by atoms with Crippen molar-refractivity contribution in [3.05, 3.63) is 0 Å². The van der Waals surface area contributed by atoms with Gasteiger partial charge in [0.2, 0.25) is 0 Å². The smallest absolute Gasteiger partial charge is 0.0244 e. The summed E-state index contributed by atoms with van der Waals surface area (Å²) in [5, 5.41) is 3.54. The minimum atomic E-state index is 0.749. The van der Waals surface area contributed by atoms with Crippen LogP contribution in [-0.2, 0) is 0 Å². The van der Waals surface area contributed by atoms with E-state index < -0.39 is 0 Å². The van der Waals surface area contributed by atoms with Crippen molar-refractivity contribution in [2.24, 2.45) is 11.8 Å². The lowest BCUT2D eigenvalue weighted by molar-refractivity contribution is 0.101. The van der Waals surface area contributed by atoms with E-state index in [1.807, 2.05) is 0 Å². The molecule has 2 atom stereocenters. The first-order chi connectivity index (χ1) is 8.19. The Balaban J connectivity index is 2.44. The van der Waals surface area contributed by atoms with Gasteiger partial charge in [0.05, 0.1) is 0 Å². The highest BCUT2D eigenvalue weighted by Gasteiger charge is 2.26. The van der Waals surface area contributed by atoms with E-state index in [1.165, 1.54) is 51.9 Å². The van der Waals surface area contributed by atoms with Crippen LogP contribution in [0, 0.1) is 11.8 Å². The van der Waals surface area contributed by atoms with Crippen LogP contribution in [0.25, 0.3) is 0 Å². The van der Waals surface area contributed by atoms with Gasteiger partial charge < -0.3 is 5.32 Å². The molecule has 0 aromatic heterocycles. The molecule has 0 aliphatic carbocycles. The third-order valence-electron chi connectivity index (χ3n) is 4.20. The molecule has 1 fully saturated rings. The molecule has 2 nitrogen and oxygen atoms in total. The minimum absolute atomic E-state index is 0.749. The van der Waals surface area contributed by atoms with Crippen molar-refractivity contribution in [2.75, 3.05) is 26.2 Å². The van der Waals surface area contributed by atoms with Crippen LogP contribution in [0.4, 0.5) is 0 Å². The fourth-order valence-corrected chi connectivity index (χ4v) is 2.90. The van der Waals surface area contributed by atoms with E-state index in [1.54, 1.807) is 0 Å². The third-order valence-corrected chi connectivity index (χ3v) is 4.20. The van der Waals surface area contributed by atoms with Crippen molar-refractivity contribution in [3.8, 4) is 0 Å². The first kappa shape index (κ1) is 15.0. The Labute approximate surface area is 108 Å². The van der Waals surface area contributed by atoms with Crippen LogP contribution in [0.3, 0.4) is 0 Å². The van der Waals surface area contributed by atoms with Gasteiger partial charge in [-0.3, -0.25) is 4.90 Å². The van der Waals surface area contributed by atoms with Gasteiger partial charge in [0.1, 0.15) is 0 Å². The predicted molar refractivity (Wildman–Crippen MR) is 76.4 cm³/mol. The summed E-state index contributed by atoms with van der Waals surface area (Å²) in [6.45, 7) is 14.3. The molecular formula is C15H32N2. The molecule has 1 aliphatic rings. The normalized spacial score (nSPS) is 24.2. The lowest BCUT2D eigenvalue weighted by Gasteiger charge is -2.40. The molecule has 0 aromatic rings. The van der Waals surface area contributed by atoms with Crippen LogP contribution in [-0.4, -0.2) is 37.1 Å². The minimum Gasteiger partial charge on any atom is -0.314 e. The highest BCUT2D eigenvalue weighted by atomic mass is 15.2. The molecule has 1 heterocycles. The summed E-state index contributed by atoms with van der Waals surface area (Å²) in [6.07, 6.45) is 5.50. The summed E-state index contributed by atoms with van der Waals surface area (Å²) in [4.78, 5) is 2.74. The Bertz CT molecular complexity index is 191. The monoisotopic (exact) mass is 240 g/mol. The molecule has 0 saturated carbocycles. The van der Waals surface area contributed by atoms with Crippen molar-refractivity contribution in [1.29, 1.82) is 0 Å². The van der Waals surface area contributed by atoms with Gasteiger partial charge in [-0.15, -0.1) is 0 Å². The molecule has 1 saturated heterocycles. The van der Waals surface area contributed by atoms with Crippen molar-refractivity contribution in [3.63, 3.8) is 0 Å². The topological polar surface area (TPSA) is 15.3 Å². The molecule has 0 amide bonds. The molecule has 0 bridgehead atoms. The summed E-state index contributed by atoms with van der Waals surface area (Å²) in [6, 6.07) is 0.749. The lowest BCUT2D eigenvalue weighted by Crippen LogP contribution is -2.54. The van der Waals surface area contributed by atoms with Crippen LogP contribution in [0.5, 0.6) is 0 Å². The molecule has 0 radical (unpaired) electrons. The zero-order chi connectivity index (χ0) is 12.7. The molecular weight excluding hydrogens is 208 g/mol. The summed E-state index contributed by atoms with van der Waals surface area (Å²) >= 11 is 0. The predicted octanol–water partition coefficient (Wildman–Crippen LogP) is 3.13. The Morgan fingerprint density at radius 3 is 2.65 bits per heavy atom. The molecule has 2 heteroatoms. The highest BCUT2D eigenvalue weighted by molar-refractivity contribution is 4.83. The van der Waals surface area contributed by atoms with Crippen LogP contribution in [0.2, 0.25) is 0 Å². The van der Waals surface area contributed by atoms with E-state index in [4.69, 9.17) is 0 Å². The van der Waals surface area contributed by atoms with Gasteiger partial charge >= 0.3 is 0 Å². The van der Waals surface area contributed by atoms with Gasteiger partial charge in [-0.05, 0) is 18.3 Å². The van der Waals surface area contributed by atoms with Crippen LogP contribution < -0.4 is 5.32 Å². The molecule has 2 unspecified atom stereocenters. The molecule has 17 heavy (non-hydrogen) atoms. The Morgan fingerprint density at radius 2 is 2.06 bits per heavy atom. The number of piperazine rings is 1. The fraction of sp³-hybridized carbons (Fsp3) is 1.00. The zero-order valence-electron chi connectivity index (χ0n) is 12.3. The maximum Gasteiger partial charge on any atom is 0.0244 e. The van der Waals surface area contributed by atoms with E-state index >= 15 is 0 Å².